The molecule has 0 unspecified atom stereocenters. The SMILES string of the molecule is C[C@@H]1O[C@@H](Oc2ccc3ccccc3c2)[C@@H](O)[C@H](O)[C@@H]1O. The van der Waals surface area contributed by atoms with Gasteiger partial charge in [-0.05, 0) is 29.8 Å². The van der Waals surface area contributed by atoms with Crippen LogP contribution in [0.1, 0.15) is 6.92 Å². The summed E-state index contributed by atoms with van der Waals surface area (Å²) in [6, 6.07) is 13.4. The van der Waals surface area contributed by atoms with Gasteiger partial charge >= 0.3 is 0 Å². The van der Waals surface area contributed by atoms with Crippen LogP contribution in [-0.4, -0.2) is 46.0 Å². The normalized spacial score (nSPS) is 33.0. The van der Waals surface area contributed by atoms with Crippen LogP contribution >= 0.6 is 0 Å². The Hall–Kier alpha value is -1.66. The predicted octanol–water partition coefficient (Wildman–Crippen LogP) is 1.05. The number of hydrogen-bond acceptors (Lipinski definition) is 5. The number of aliphatic hydroxyl groups excluding tert-OH is 3. The van der Waals surface area contributed by atoms with Crippen LogP contribution in [0.15, 0.2) is 42.5 Å². The molecule has 1 aliphatic rings. The van der Waals surface area contributed by atoms with Gasteiger partial charge in [0.25, 0.3) is 0 Å². The molecule has 21 heavy (non-hydrogen) atoms. The van der Waals surface area contributed by atoms with Crippen LogP contribution < -0.4 is 4.74 Å². The maximum atomic E-state index is 9.94. The molecule has 0 spiro atoms. The van der Waals surface area contributed by atoms with Gasteiger partial charge in [-0.2, -0.15) is 0 Å². The van der Waals surface area contributed by atoms with E-state index in [0.29, 0.717) is 5.75 Å². The molecule has 112 valence electrons. The molecule has 1 saturated heterocycles. The summed E-state index contributed by atoms with van der Waals surface area (Å²) in [5, 5.41) is 31.5. The third-order valence-electron chi connectivity index (χ3n) is 3.78. The summed E-state index contributed by atoms with van der Waals surface area (Å²) in [5.41, 5.74) is 0. The molecule has 0 amide bonds. The van der Waals surface area contributed by atoms with Crippen molar-refractivity contribution in [3.05, 3.63) is 42.5 Å². The Labute approximate surface area is 122 Å². The first-order valence-corrected chi connectivity index (χ1v) is 6.91. The molecule has 5 atom stereocenters. The third-order valence-corrected chi connectivity index (χ3v) is 3.78. The highest BCUT2D eigenvalue weighted by Crippen LogP contribution is 2.26. The van der Waals surface area contributed by atoms with E-state index in [1.54, 1.807) is 13.0 Å². The summed E-state index contributed by atoms with van der Waals surface area (Å²) in [4.78, 5) is 0. The molecule has 3 N–H and O–H groups in total. The van der Waals surface area contributed by atoms with E-state index in [2.05, 4.69) is 0 Å². The first kappa shape index (κ1) is 14.3. The van der Waals surface area contributed by atoms with E-state index in [-0.39, 0.29) is 0 Å². The molecule has 3 rings (SSSR count). The van der Waals surface area contributed by atoms with Gasteiger partial charge in [0, 0.05) is 0 Å². The minimum atomic E-state index is -1.30. The Morgan fingerprint density at radius 3 is 2.38 bits per heavy atom. The topological polar surface area (TPSA) is 79.2 Å². The van der Waals surface area contributed by atoms with Crippen LogP contribution in [0.2, 0.25) is 0 Å². The zero-order valence-corrected chi connectivity index (χ0v) is 11.6. The Kier molecular flexibility index (Phi) is 3.82. The van der Waals surface area contributed by atoms with Crippen molar-refractivity contribution in [1.82, 2.24) is 0 Å². The van der Waals surface area contributed by atoms with E-state index in [4.69, 9.17) is 9.47 Å². The van der Waals surface area contributed by atoms with Gasteiger partial charge in [-0.25, -0.2) is 0 Å². The summed E-state index contributed by atoms with van der Waals surface area (Å²) in [7, 11) is 0. The molecular weight excluding hydrogens is 272 g/mol. The van der Waals surface area contributed by atoms with E-state index >= 15 is 0 Å². The highest BCUT2D eigenvalue weighted by molar-refractivity contribution is 5.83. The van der Waals surface area contributed by atoms with Gasteiger partial charge in [0.15, 0.2) is 0 Å². The van der Waals surface area contributed by atoms with Crippen molar-refractivity contribution < 1.29 is 24.8 Å². The second-order valence-corrected chi connectivity index (χ2v) is 5.31. The molecule has 0 radical (unpaired) electrons. The van der Waals surface area contributed by atoms with Crippen molar-refractivity contribution in [1.29, 1.82) is 0 Å². The fraction of sp³-hybridized carbons (Fsp3) is 0.375. The van der Waals surface area contributed by atoms with E-state index in [9.17, 15) is 15.3 Å². The van der Waals surface area contributed by atoms with E-state index < -0.39 is 30.7 Å². The largest absolute Gasteiger partial charge is 0.462 e. The van der Waals surface area contributed by atoms with Crippen molar-refractivity contribution in [2.75, 3.05) is 0 Å². The Morgan fingerprint density at radius 1 is 0.905 bits per heavy atom. The number of fused-ring (bicyclic) bond motifs is 1. The lowest BCUT2D eigenvalue weighted by Gasteiger charge is -2.38. The summed E-state index contributed by atoms with van der Waals surface area (Å²) < 4.78 is 11.0. The number of rotatable bonds is 2. The highest BCUT2D eigenvalue weighted by Gasteiger charge is 2.43. The summed E-state index contributed by atoms with van der Waals surface area (Å²) in [6.45, 7) is 1.62. The number of hydrogen-bond donors (Lipinski definition) is 3. The Bertz CT molecular complexity index is 629. The molecule has 5 nitrogen and oxygen atoms in total. The predicted molar refractivity (Wildman–Crippen MR) is 76.9 cm³/mol. The fourth-order valence-electron chi connectivity index (χ4n) is 2.49. The molecule has 0 aliphatic carbocycles. The molecule has 1 fully saturated rings. The monoisotopic (exact) mass is 290 g/mol. The lowest BCUT2D eigenvalue weighted by molar-refractivity contribution is -0.268. The van der Waals surface area contributed by atoms with Gasteiger partial charge in [0.2, 0.25) is 6.29 Å². The van der Waals surface area contributed by atoms with Crippen molar-refractivity contribution in [3.8, 4) is 5.75 Å². The summed E-state index contributed by atoms with van der Waals surface area (Å²) in [6.07, 6.45) is -5.35. The average molecular weight is 290 g/mol. The first-order chi connectivity index (χ1) is 10.1. The van der Waals surface area contributed by atoms with Crippen LogP contribution in [-0.2, 0) is 4.74 Å². The summed E-state index contributed by atoms with van der Waals surface area (Å²) >= 11 is 0. The highest BCUT2D eigenvalue weighted by atomic mass is 16.7. The summed E-state index contributed by atoms with van der Waals surface area (Å²) in [5.74, 6) is 0.536. The van der Waals surface area contributed by atoms with Gasteiger partial charge in [-0.1, -0.05) is 30.3 Å². The molecule has 0 aromatic heterocycles. The molecule has 0 saturated carbocycles. The number of ether oxygens (including phenoxy) is 2. The van der Waals surface area contributed by atoms with E-state index in [1.165, 1.54) is 0 Å². The van der Waals surface area contributed by atoms with Crippen LogP contribution in [0.5, 0.6) is 5.75 Å². The first-order valence-electron chi connectivity index (χ1n) is 6.91. The molecular formula is C16H18O5. The average Bonchev–Trinajstić information content (AvgIpc) is 2.50. The van der Waals surface area contributed by atoms with E-state index in [1.807, 2.05) is 36.4 Å². The molecule has 0 bridgehead atoms. The quantitative estimate of drug-likeness (QED) is 0.770. The molecule has 1 aliphatic heterocycles. The van der Waals surface area contributed by atoms with Crippen LogP contribution in [0, 0.1) is 0 Å². The Morgan fingerprint density at radius 2 is 1.62 bits per heavy atom. The lowest BCUT2D eigenvalue weighted by Crippen LogP contribution is -2.58. The maximum absolute atomic E-state index is 9.94. The smallest absolute Gasteiger partial charge is 0.229 e. The van der Waals surface area contributed by atoms with Crippen LogP contribution in [0.3, 0.4) is 0 Å². The third kappa shape index (κ3) is 2.73. The molecule has 5 heteroatoms. The minimum Gasteiger partial charge on any atom is -0.462 e. The van der Waals surface area contributed by atoms with Crippen molar-refractivity contribution >= 4 is 10.8 Å². The lowest BCUT2D eigenvalue weighted by atomic mass is 10.00. The van der Waals surface area contributed by atoms with E-state index in [0.717, 1.165) is 10.8 Å². The zero-order valence-electron chi connectivity index (χ0n) is 11.6. The second-order valence-electron chi connectivity index (χ2n) is 5.31. The minimum absolute atomic E-state index is 0.536. The standard InChI is InChI=1S/C16H18O5/c1-9-13(17)14(18)15(19)16(20-9)21-12-7-6-10-4-2-3-5-11(10)8-12/h2-9,13-19H,1H3/t9-,13+,14+,15-,16-/m0/s1. The molecule has 2 aromatic rings. The van der Waals surface area contributed by atoms with Crippen molar-refractivity contribution in [2.24, 2.45) is 0 Å². The van der Waals surface area contributed by atoms with Gasteiger partial charge in [0.1, 0.15) is 24.1 Å². The maximum Gasteiger partial charge on any atom is 0.229 e. The fourth-order valence-corrected chi connectivity index (χ4v) is 2.49. The number of benzene rings is 2. The van der Waals surface area contributed by atoms with Gasteiger partial charge in [-0.3, -0.25) is 0 Å². The zero-order chi connectivity index (χ0) is 15.0. The van der Waals surface area contributed by atoms with Crippen molar-refractivity contribution in [3.63, 3.8) is 0 Å². The molecule has 2 aromatic carbocycles. The second kappa shape index (κ2) is 5.61. The van der Waals surface area contributed by atoms with Crippen LogP contribution in [0.25, 0.3) is 10.8 Å². The Balaban J connectivity index is 1.81. The van der Waals surface area contributed by atoms with Gasteiger partial charge in [0.05, 0.1) is 6.10 Å². The van der Waals surface area contributed by atoms with Crippen LogP contribution in [0.4, 0.5) is 0 Å². The molecule has 1 heterocycles. The number of aliphatic hydroxyl groups is 3. The van der Waals surface area contributed by atoms with Gasteiger partial charge < -0.3 is 24.8 Å². The van der Waals surface area contributed by atoms with Gasteiger partial charge in [-0.15, -0.1) is 0 Å². The van der Waals surface area contributed by atoms with Crippen molar-refractivity contribution in [2.45, 2.75) is 37.6 Å².